The first-order valence-electron chi connectivity index (χ1n) is 6.03. The predicted molar refractivity (Wildman–Crippen MR) is 63.6 cm³/mol. The van der Waals surface area contributed by atoms with E-state index in [9.17, 15) is 14.4 Å². The maximum Gasteiger partial charge on any atom is 0.324 e. The summed E-state index contributed by atoms with van der Waals surface area (Å²) in [4.78, 5) is 35.0. The quantitative estimate of drug-likeness (QED) is 0.307. The Bertz CT molecular complexity index is 354. The van der Waals surface area contributed by atoms with Crippen LogP contribution in [0.4, 0.5) is 0 Å². The molecule has 1 fully saturated rings. The summed E-state index contributed by atoms with van der Waals surface area (Å²) >= 11 is 0. The molecule has 0 N–H and O–H groups in total. The van der Waals surface area contributed by atoms with Crippen LogP contribution < -0.4 is 0 Å². The van der Waals surface area contributed by atoms with E-state index in [1.54, 1.807) is 32.9 Å². The summed E-state index contributed by atoms with van der Waals surface area (Å²) < 4.78 is 9.83. The number of hydrogen-bond donors (Lipinski definition) is 0. The van der Waals surface area contributed by atoms with Gasteiger partial charge in [-0.15, -0.1) is 0 Å². The molecule has 0 radical (unpaired) electrons. The van der Waals surface area contributed by atoms with Crippen LogP contribution in [0.1, 0.15) is 20.8 Å². The Morgan fingerprint density at radius 2 is 1.61 bits per heavy atom. The van der Waals surface area contributed by atoms with Crippen molar-refractivity contribution in [1.29, 1.82) is 0 Å². The molecule has 0 bridgehead atoms. The van der Waals surface area contributed by atoms with E-state index in [2.05, 4.69) is 0 Å². The molecular weight excluding hydrogens is 236 g/mol. The van der Waals surface area contributed by atoms with Crippen molar-refractivity contribution in [1.82, 2.24) is 0 Å². The van der Waals surface area contributed by atoms with Crippen LogP contribution in [0.5, 0.6) is 0 Å². The fourth-order valence-electron chi connectivity index (χ4n) is 2.24. The number of rotatable bonds is 6. The van der Waals surface area contributed by atoms with Crippen molar-refractivity contribution in [3.8, 4) is 0 Å². The highest BCUT2D eigenvalue weighted by Crippen LogP contribution is 2.60. The molecule has 0 heterocycles. The van der Waals surface area contributed by atoms with Crippen molar-refractivity contribution in [3.05, 3.63) is 12.2 Å². The van der Waals surface area contributed by atoms with E-state index >= 15 is 0 Å². The van der Waals surface area contributed by atoms with E-state index in [0.717, 1.165) is 0 Å². The minimum Gasteiger partial charge on any atom is -0.465 e. The number of carbonyl (C=O) groups excluding carboxylic acids is 3. The van der Waals surface area contributed by atoms with Gasteiger partial charge >= 0.3 is 11.9 Å². The zero-order chi connectivity index (χ0) is 13.8. The Balaban J connectivity index is 3.07. The fourth-order valence-corrected chi connectivity index (χ4v) is 2.24. The van der Waals surface area contributed by atoms with E-state index in [0.29, 0.717) is 6.29 Å². The standard InChI is InChI=1S/C13H18O5/c1-4-7-9-10(8-14)13(9,11(15)17-5-2)12(16)18-6-3/h4,7-10H,5-6H2,1-3H3/b7-4+. The fraction of sp³-hybridized carbons (Fsp3) is 0.615. The molecule has 0 aliphatic heterocycles. The summed E-state index contributed by atoms with van der Waals surface area (Å²) in [5.74, 6) is -2.50. The minimum atomic E-state index is -1.47. The number of ether oxygens (including phenoxy) is 2. The van der Waals surface area contributed by atoms with E-state index in [-0.39, 0.29) is 13.2 Å². The van der Waals surface area contributed by atoms with Crippen molar-refractivity contribution < 1.29 is 23.9 Å². The molecule has 1 saturated carbocycles. The Kier molecular flexibility index (Phi) is 4.64. The molecule has 1 aliphatic carbocycles. The van der Waals surface area contributed by atoms with Crippen LogP contribution in [-0.2, 0) is 23.9 Å². The Morgan fingerprint density at radius 3 is 1.94 bits per heavy atom. The molecule has 5 nitrogen and oxygen atoms in total. The summed E-state index contributed by atoms with van der Waals surface area (Å²) in [6.45, 7) is 5.39. The van der Waals surface area contributed by atoms with Gasteiger partial charge in [0, 0.05) is 5.92 Å². The molecule has 0 saturated heterocycles. The Labute approximate surface area is 106 Å². The second-order valence-electron chi connectivity index (χ2n) is 4.02. The average molecular weight is 254 g/mol. The molecule has 100 valence electrons. The highest BCUT2D eigenvalue weighted by atomic mass is 16.6. The molecule has 0 aromatic rings. The second-order valence-corrected chi connectivity index (χ2v) is 4.02. The number of allylic oxidation sites excluding steroid dienone is 2. The molecule has 0 amide bonds. The van der Waals surface area contributed by atoms with Gasteiger partial charge in [-0.3, -0.25) is 9.59 Å². The zero-order valence-electron chi connectivity index (χ0n) is 10.8. The van der Waals surface area contributed by atoms with Crippen LogP contribution in [0.2, 0.25) is 0 Å². The van der Waals surface area contributed by atoms with Crippen LogP contribution >= 0.6 is 0 Å². The lowest BCUT2D eigenvalue weighted by molar-refractivity contribution is -0.166. The van der Waals surface area contributed by atoms with E-state index in [1.165, 1.54) is 0 Å². The Morgan fingerprint density at radius 1 is 1.11 bits per heavy atom. The number of carbonyl (C=O) groups is 3. The normalized spacial score (nSPS) is 24.6. The third-order valence-electron chi connectivity index (χ3n) is 3.10. The Hall–Kier alpha value is -1.65. The van der Waals surface area contributed by atoms with Crippen molar-refractivity contribution >= 4 is 18.2 Å². The molecule has 1 rings (SSSR count). The summed E-state index contributed by atoms with van der Waals surface area (Å²) in [6.07, 6.45) is 4.01. The monoisotopic (exact) mass is 254 g/mol. The first-order chi connectivity index (χ1) is 8.60. The van der Waals surface area contributed by atoms with Crippen LogP contribution in [0, 0.1) is 17.3 Å². The summed E-state index contributed by atoms with van der Waals surface area (Å²) in [5, 5.41) is 0. The zero-order valence-corrected chi connectivity index (χ0v) is 10.8. The number of hydrogen-bond acceptors (Lipinski definition) is 5. The molecule has 2 atom stereocenters. The first kappa shape index (κ1) is 14.4. The maximum absolute atomic E-state index is 12.0. The summed E-state index contributed by atoms with van der Waals surface area (Å²) in [7, 11) is 0. The molecule has 0 spiro atoms. The number of esters is 2. The molecular formula is C13H18O5. The smallest absolute Gasteiger partial charge is 0.324 e. The topological polar surface area (TPSA) is 69.7 Å². The van der Waals surface area contributed by atoms with E-state index in [4.69, 9.17) is 9.47 Å². The lowest BCUT2D eigenvalue weighted by Crippen LogP contribution is -2.33. The van der Waals surface area contributed by atoms with Gasteiger partial charge in [-0.2, -0.15) is 0 Å². The van der Waals surface area contributed by atoms with Gasteiger partial charge in [0.15, 0.2) is 5.41 Å². The van der Waals surface area contributed by atoms with Crippen molar-refractivity contribution in [2.75, 3.05) is 13.2 Å². The summed E-state index contributed by atoms with van der Waals surface area (Å²) in [6, 6.07) is 0. The van der Waals surface area contributed by atoms with Gasteiger partial charge in [0.25, 0.3) is 0 Å². The molecule has 2 unspecified atom stereocenters. The highest BCUT2D eigenvalue weighted by Gasteiger charge is 2.75. The van der Waals surface area contributed by atoms with Gasteiger partial charge < -0.3 is 14.3 Å². The minimum absolute atomic E-state index is 0.161. The third kappa shape index (κ3) is 2.05. The largest absolute Gasteiger partial charge is 0.465 e. The molecule has 1 aliphatic rings. The molecule has 18 heavy (non-hydrogen) atoms. The van der Waals surface area contributed by atoms with E-state index < -0.39 is 29.2 Å². The van der Waals surface area contributed by atoms with Crippen molar-refractivity contribution in [3.63, 3.8) is 0 Å². The van der Waals surface area contributed by atoms with Crippen LogP contribution in [-0.4, -0.2) is 31.4 Å². The van der Waals surface area contributed by atoms with Gasteiger partial charge in [-0.1, -0.05) is 12.2 Å². The summed E-state index contributed by atoms with van der Waals surface area (Å²) in [5.41, 5.74) is -1.47. The lowest BCUT2D eigenvalue weighted by atomic mass is 10.0. The second kappa shape index (κ2) is 5.80. The van der Waals surface area contributed by atoms with E-state index in [1.807, 2.05) is 0 Å². The van der Waals surface area contributed by atoms with Crippen molar-refractivity contribution in [2.45, 2.75) is 20.8 Å². The SMILES string of the molecule is C/C=C/C1C(C=O)C1(C(=O)OCC)C(=O)OCC. The third-order valence-corrected chi connectivity index (χ3v) is 3.10. The van der Waals surface area contributed by atoms with Crippen LogP contribution in [0.3, 0.4) is 0 Å². The highest BCUT2D eigenvalue weighted by molar-refractivity contribution is 6.08. The predicted octanol–water partition coefficient (Wildman–Crippen LogP) is 1.12. The average Bonchev–Trinajstić information content (AvgIpc) is 2.99. The van der Waals surface area contributed by atoms with Crippen LogP contribution in [0.15, 0.2) is 12.2 Å². The van der Waals surface area contributed by atoms with Gasteiger partial charge in [-0.25, -0.2) is 0 Å². The van der Waals surface area contributed by atoms with Crippen LogP contribution in [0.25, 0.3) is 0 Å². The van der Waals surface area contributed by atoms with Gasteiger partial charge in [0.2, 0.25) is 0 Å². The lowest BCUT2D eigenvalue weighted by Gasteiger charge is -2.13. The van der Waals surface area contributed by atoms with Gasteiger partial charge in [-0.05, 0) is 20.8 Å². The molecule has 0 aromatic carbocycles. The molecule has 0 aromatic heterocycles. The van der Waals surface area contributed by atoms with Crippen molar-refractivity contribution in [2.24, 2.45) is 17.3 Å². The number of aldehydes is 1. The van der Waals surface area contributed by atoms with Gasteiger partial charge in [0.05, 0.1) is 19.1 Å². The maximum atomic E-state index is 12.0. The first-order valence-corrected chi connectivity index (χ1v) is 6.03. The van der Waals surface area contributed by atoms with Gasteiger partial charge in [0.1, 0.15) is 6.29 Å². The molecule has 5 heteroatoms.